The van der Waals surface area contributed by atoms with E-state index in [9.17, 15) is 5.26 Å². The van der Waals surface area contributed by atoms with Crippen molar-refractivity contribution in [2.75, 3.05) is 0 Å². The van der Waals surface area contributed by atoms with Crippen LogP contribution in [0.4, 0.5) is 0 Å². The second kappa shape index (κ2) is 14.3. The average molecular weight is 780 g/mol. The fourth-order valence-corrected chi connectivity index (χ4v) is 9.00. The van der Waals surface area contributed by atoms with Gasteiger partial charge >= 0.3 is 0 Å². The van der Waals surface area contributed by atoms with Crippen LogP contribution in [0.5, 0.6) is 0 Å². The molecule has 0 atom stereocenters. The van der Waals surface area contributed by atoms with Crippen LogP contribution in [0.2, 0.25) is 0 Å². The Morgan fingerprint density at radius 1 is 0.377 bits per heavy atom. The van der Waals surface area contributed by atoms with Crippen LogP contribution in [0.15, 0.2) is 188 Å². The smallest absolute Gasteiger partial charge is 0.164 e. The largest absolute Gasteiger partial charge is 0.248 e. The van der Waals surface area contributed by atoms with Crippen molar-refractivity contribution in [3.63, 3.8) is 0 Å². The molecule has 0 saturated heterocycles. The Morgan fingerprint density at radius 2 is 0.836 bits per heavy atom. The molecule has 0 aliphatic heterocycles. The number of nitriles is 1. The summed E-state index contributed by atoms with van der Waals surface area (Å²) in [4.78, 5) is 20.6. The molecule has 0 unspecified atom stereocenters. The van der Waals surface area contributed by atoms with Crippen molar-refractivity contribution in [3.05, 3.63) is 205 Å². The SMILES string of the molecule is CC1(C)c2cc(C#N)ccc2-c2ccc(-c3cc(-c4nc(-c5ccccc5)nc(-c5ccc(-c6ccccc6)cc5)n4)cc(-c4c5ccccc5nc5ccccc45)c3)cc21. The highest BCUT2D eigenvalue weighted by Crippen LogP contribution is 2.50. The number of aromatic nitrogens is 4. The number of pyridine rings is 1. The Hall–Kier alpha value is -8.07. The van der Waals surface area contributed by atoms with Crippen molar-refractivity contribution in [2.24, 2.45) is 0 Å². The van der Waals surface area contributed by atoms with Gasteiger partial charge in [0.2, 0.25) is 0 Å². The summed E-state index contributed by atoms with van der Waals surface area (Å²) in [6.45, 7) is 4.51. The molecule has 61 heavy (non-hydrogen) atoms. The predicted octanol–water partition coefficient (Wildman–Crippen LogP) is 13.8. The Morgan fingerprint density at radius 3 is 1.48 bits per heavy atom. The van der Waals surface area contributed by atoms with Gasteiger partial charge in [-0.25, -0.2) is 19.9 Å². The van der Waals surface area contributed by atoms with Crippen LogP contribution in [-0.2, 0) is 5.41 Å². The van der Waals surface area contributed by atoms with Crippen molar-refractivity contribution in [2.45, 2.75) is 19.3 Å². The van der Waals surface area contributed by atoms with E-state index >= 15 is 0 Å². The van der Waals surface area contributed by atoms with E-state index in [4.69, 9.17) is 19.9 Å². The summed E-state index contributed by atoms with van der Waals surface area (Å²) in [5, 5.41) is 11.9. The molecule has 0 N–H and O–H groups in total. The van der Waals surface area contributed by atoms with Crippen LogP contribution in [0.1, 0.15) is 30.5 Å². The summed E-state index contributed by atoms with van der Waals surface area (Å²) in [6.07, 6.45) is 0. The monoisotopic (exact) mass is 779 g/mol. The van der Waals surface area contributed by atoms with Crippen LogP contribution < -0.4 is 0 Å². The van der Waals surface area contributed by atoms with Crippen LogP contribution >= 0.6 is 0 Å². The van der Waals surface area contributed by atoms with E-state index in [1.54, 1.807) is 0 Å². The molecule has 1 aliphatic rings. The van der Waals surface area contributed by atoms with Crippen molar-refractivity contribution in [1.29, 1.82) is 5.26 Å². The van der Waals surface area contributed by atoms with Crippen molar-refractivity contribution >= 4 is 21.8 Å². The van der Waals surface area contributed by atoms with Crippen LogP contribution in [0.25, 0.3) is 100 Å². The van der Waals surface area contributed by atoms with Crippen molar-refractivity contribution < 1.29 is 0 Å². The topological polar surface area (TPSA) is 75.3 Å². The number of hydrogen-bond donors (Lipinski definition) is 0. The van der Waals surface area contributed by atoms with E-state index in [1.807, 2.05) is 60.7 Å². The van der Waals surface area contributed by atoms with Gasteiger partial charge in [-0.2, -0.15) is 5.26 Å². The summed E-state index contributed by atoms with van der Waals surface area (Å²) in [7, 11) is 0. The van der Waals surface area contributed by atoms with Gasteiger partial charge in [0.05, 0.1) is 22.7 Å². The molecule has 286 valence electrons. The quantitative estimate of drug-likeness (QED) is 0.157. The van der Waals surface area contributed by atoms with Crippen LogP contribution in [-0.4, -0.2) is 19.9 Å². The van der Waals surface area contributed by atoms with E-state index < -0.39 is 0 Å². The highest BCUT2D eigenvalue weighted by Gasteiger charge is 2.36. The van der Waals surface area contributed by atoms with Gasteiger partial charge in [-0.05, 0) is 98.6 Å². The highest BCUT2D eigenvalue weighted by molar-refractivity contribution is 6.10. The third kappa shape index (κ3) is 6.25. The number of nitrogens with zero attached hydrogens (tertiary/aromatic N) is 5. The van der Waals surface area contributed by atoms with Gasteiger partial charge in [-0.1, -0.05) is 153 Å². The summed E-state index contributed by atoms with van der Waals surface area (Å²) >= 11 is 0. The van der Waals surface area contributed by atoms with Crippen molar-refractivity contribution in [3.8, 4) is 84.7 Å². The second-order valence-electron chi connectivity index (χ2n) is 16.2. The number of benzene rings is 8. The maximum absolute atomic E-state index is 9.77. The average Bonchev–Trinajstić information content (AvgIpc) is 3.55. The molecular formula is C56H37N5. The number of fused-ring (bicyclic) bond motifs is 5. The first-order valence-corrected chi connectivity index (χ1v) is 20.5. The standard InChI is InChI=1S/C56H37N5/c1-56(2)48-29-35(34-57)21-27-44(48)45-28-26-40(33-49(45)56)41-30-42(52-46-17-9-11-19-50(46)58-51-20-12-10-18-47(51)52)32-43(31-41)55-60-53(38-15-7-4-8-16-38)59-54(61-55)39-24-22-37(23-25-39)36-13-5-3-6-14-36/h3-33H,1-2H3. The molecule has 8 aromatic carbocycles. The molecular weight excluding hydrogens is 743 g/mol. The van der Waals surface area contributed by atoms with Gasteiger partial charge in [0, 0.05) is 38.4 Å². The summed E-state index contributed by atoms with van der Waals surface area (Å²) in [5.41, 5.74) is 16.3. The van der Waals surface area contributed by atoms with Crippen LogP contribution in [0, 0.1) is 11.3 Å². The molecule has 0 spiro atoms. The Bertz CT molecular complexity index is 3330. The molecule has 0 radical (unpaired) electrons. The van der Waals surface area contributed by atoms with E-state index in [0.29, 0.717) is 23.0 Å². The first-order chi connectivity index (χ1) is 29.9. The number of para-hydroxylation sites is 2. The van der Waals surface area contributed by atoms with Gasteiger partial charge in [0.25, 0.3) is 0 Å². The molecule has 10 aromatic rings. The molecule has 0 fully saturated rings. The second-order valence-corrected chi connectivity index (χ2v) is 16.2. The molecule has 5 heteroatoms. The highest BCUT2D eigenvalue weighted by atomic mass is 15.0. The minimum Gasteiger partial charge on any atom is -0.248 e. The molecule has 11 rings (SSSR count). The van der Waals surface area contributed by atoms with Gasteiger partial charge in [-0.15, -0.1) is 0 Å². The molecule has 0 saturated carbocycles. The zero-order valence-corrected chi connectivity index (χ0v) is 33.6. The Labute approximate surface area is 354 Å². The third-order valence-corrected chi connectivity index (χ3v) is 12.1. The number of hydrogen-bond acceptors (Lipinski definition) is 5. The van der Waals surface area contributed by atoms with Gasteiger partial charge in [0.1, 0.15) is 0 Å². The minimum absolute atomic E-state index is 0.296. The lowest BCUT2D eigenvalue weighted by Gasteiger charge is -2.22. The summed E-state index contributed by atoms with van der Waals surface area (Å²) < 4.78 is 0. The fourth-order valence-electron chi connectivity index (χ4n) is 9.00. The third-order valence-electron chi connectivity index (χ3n) is 12.1. The fraction of sp³-hybridized carbons (Fsp3) is 0.0536. The number of rotatable bonds is 6. The Balaban J connectivity index is 1.14. The lowest BCUT2D eigenvalue weighted by molar-refractivity contribution is 0.660. The molecule has 5 nitrogen and oxygen atoms in total. The molecule has 2 aromatic heterocycles. The van der Waals surface area contributed by atoms with Crippen molar-refractivity contribution in [1.82, 2.24) is 19.9 Å². The van der Waals surface area contributed by atoms with Gasteiger partial charge in [0.15, 0.2) is 17.5 Å². The zero-order chi connectivity index (χ0) is 41.1. The lowest BCUT2D eigenvalue weighted by atomic mass is 9.81. The lowest BCUT2D eigenvalue weighted by Crippen LogP contribution is -2.15. The summed E-state index contributed by atoms with van der Waals surface area (Å²) in [5.74, 6) is 1.79. The van der Waals surface area contributed by atoms with E-state index in [1.165, 1.54) is 22.3 Å². The first-order valence-electron chi connectivity index (χ1n) is 20.5. The normalized spacial score (nSPS) is 12.5. The Kier molecular flexibility index (Phi) is 8.47. The molecule has 0 bridgehead atoms. The van der Waals surface area contributed by atoms with Gasteiger partial charge in [-0.3, -0.25) is 0 Å². The minimum atomic E-state index is -0.296. The molecule has 2 heterocycles. The maximum Gasteiger partial charge on any atom is 0.164 e. The van der Waals surface area contributed by atoms with E-state index in [0.717, 1.165) is 71.9 Å². The maximum atomic E-state index is 9.77. The zero-order valence-electron chi connectivity index (χ0n) is 33.6. The van der Waals surface area contributed by atoms with E-state index in [2.05, 4.69) is 147 Å². The molecule has 0 amide bonds. The van der Waals surface area contributed by atoms with Gasteiger partial charge < -0.3 is 0 Å². The predicted molar refractivity (Wildman–Crippen MR) is 248 cm³/mol. The molecule has 1 aliphatic carbocycles. The van der Waals surface area contributed by atoms with E-state index in [-0.39, 0.29) is 5.41 Å². The first kappa shape index (κ1) is 36.0. The van der Waals surface area contributed by atoms with Crippen LogP contribution in [0.3, 0.4) is 0 Å². The summed E-state index contributed by atoms with van der Waals surface area (Å²) in [6, 6.07) is 67.6.